The molecule has 1 saturated heterocycles. The van der Waals surface area contributed by atoms with Crippen molar-refractivity contribution in [2.24, 2.45) is 0 Å². The summed E-state index contributed by atoms with van der Waals surface area (Å²) >= 11 is 0. The van der Waals surface area contributed by atoms with Crippen LogP contribution in [0.3, 0.4) is 0 Å². The first-order chi connectivity index (χ1) is 9.90. The highest BCUT2D eigenvalue weighted by Crippen LogP contribution is 2.15. The van der Waals surface area contributed by atoms with E-state index in [1.165, 1.54) is 17.7 Å². The number of nitrogens with one attached hydrogen (secondary N) is 1. The van der Waals surface area contributed by atoms with Crippen molar-refractivity contribution in [1.82, 2.24) is 9.62 Å². The van der Waals surface area contributed by atoms with Gasteiger partial charge in [-0.25, -0.2) is 17.5 Å². The molecule has 118 valence electrons. The molecule has 0 spiro atoms. The number of methoxy groups -OCH3 is 1. The smallest absolute Gasteiger partial charge is 0.373 e. The maximum absolute atomic E-state index is 11.4. The quantitative estimate of drug-likeness (QED) is 0.799. The van der Waals surface area contributed by atoms with Gasteiger partial charge in [-0.05, 0) is 25.0 Å². The molecule has 1 aliphatic heterocycles. The van der Waals surface area contributed by atoms with Crippen molar-refractivity contribution in [3.8, 4) is 0 Å². The summed E-state index contributed by atoms with van der Waals surface area (Å²) in [6, 6.07) is 3.55. The minimum Gasteiger partial charge on any atom is -0.463 e. The average Bonchev–Trinajstić information content (AvgIpc) is 2.92. The van der Waals surface area contributed by atoms with Crippen LogP contribution in [0.4, 0.5) is 0 Å². The minimum atomic E-state index is -3.09. The van der Waals surface area contributed by atoms with Crippen LogP contribution in [0.1, 0.15) is 29.2 Å². The topological polar surface area (TPSA) is 88.9 Å². The van der Waals surface area contributed by atoms with E-state index in [1.807, 2.05) is 0 Å². The zero-order valence-corrected chi connectivity index (χ0v) is 13.0. The van der Waals surface area contributed by atoms with Gasteiger partial charge in [0.1, 0.15) is 5.76 Å². The van der Waals surface area contributed by atoms with E-state index in [9.17, 15) is 13.2 Å². The number of carbonyl (C=O) groups excluding carboxylic acids is 1. The lowest BCUT2D eigenvalue weighted by Gasteiger charge is -2.30. The fourth-order valence-corrected chi connectivity index (χ4v) is 3.19. The van der Waals surface area contributed by atoms with E-state index in [4.69, 9.17) is 4.42 Å². The molecule has 0 saturated carbocycles. The standard InChI is InChI=1S/C13H20N2O5S/c1-19-13(16)12-4-3-11(20-12)9-14-10-5-7-15(8-6-10)21(2,17)18/h3-4,10,14H,5-9H2,1-2H3. The molecule has 0 bridgehead atoms. The van der Waals surface area contributed by atoms with Crippen LogP contribution in [0.2, 0.25) is 0 Å². The molecule has 0 unspecified atom stereocenters. The Morgan fingerprint density at radius 2 is 2.10 bits per heavy atom. The highest BCUT2D eigenvalue weighted by molar-refractivity contribution is 7.88. The second-order valence-corrected chi connectivity index (χ2v) is 7.06. The summed E-state index contributed by atoms with van der Waals surface area (Å²) < 4.78 is 34.3. The number of rotatable bonds is 5. The van der Waals surface area contributed by atoms with Crippen molar-refractivity contribution in [2.45, 2.75) is 25.4 Å². The van der Waals surface area contributed by atoms with Crippen molar-refractivity contribution < 1.29 is 22.4 Å². The zero-order chi connectivity index (χ0) is 15.5. The molecule has 1 fully saturated rings. The van der Waals surface area contributed by atoms with Gasteiger partial charge in [0.2, 0.25) is 15.8 Å². The van der Waals surface area contributed by atoms with Gasteiger partial charge in [-0.2, -0.15) is 0 Å². The van der Waals surface area contributed by atoms with E-state index in [2.05, 4.69) is 10.1 Å². The van der Waals surface area contributed by atoms with E-state index in [-0.39, 0.29) is 11.8 Å². The molecule has 1 aliphatic rings. The van der Waals surface area contributed by atoms with Crippen LogP contribution >= 0.6 is 0 Å². The molecular formula is C13H20N2O5S. The Morgan fingerprint density at radius 3 is 2.67 bits per heavy atom. The monoisotopic (exact) mass is 316 g/mol. The number of sulfonamides is 1. The van der Waals surface area contributed by atoms with Gasteiger partial charge in [-0.3, -0.25) is 0 Å². The van der Waals surface area contributed by atoms with Crippen molar-refractivity contribution >= 4 is 16.0 Å². The van der Waals surface area contributed by atoms with Crippen LogP contribution in [-0.2, 0) is 21.3 Å². The van der Waals surface area contributed by atoms with Gasteiger partial charge in [0.05, 0.1) is 19.9 Å². The molecule has 0 aromatic carbocycles. The number of hydrogen-bond acceptors (Lipinski definition) is 6. The molecule has 21 heavy (non-hydrogen) atoms. The van der Waals surface area contributed by atoms with Gasteiger partial charge in [0, 0.05) is 19.1 Å². The maximum Gasteiger partial charge on any atom is 0.373 e. The summed E-state index contributed by atoms with van der Waals surface area (Å²) in [6.45, 7) is 1.56. The SMILES string of the molecule is COC(=O)c1ccc(CNC2CCN(S(C)(=O)=O)CC2)o1. The van der Waals surface area contributed by atoms with Crippen LogP contribution in [0.5, 0.6) is 0 Å². The Hall–Kier alpha value is -1.38. The van der Waals surface area contributed by atoms with Crippen LogP contribution in [0.15, 0.2) is 16.5 Å². The predicted octanol–water partition coefficient (Wildman–Crippen LogP) is 0.580. The lowest BCUT2D eigenvalue weighted by Crippen LogP contribution is -2.44. The molecule has 1 aromatic rings. The van der Waals surface area contributed by atoms with Gasteiger partial charge in [0.25, 0.3) is 0 Å². The van der Waals surface area contributed by atoms with Gasteiger partial charge in [-0.15, -0.1) is 0 Å². The van der Waals surface area contributed by atoms with Crippen molar-refractivity contribution in [3.63, 3.8) is 0 Å². The lowest BCUT2D eigenvalue weighted by atomic mass is 10.1. The molecule has 1 N–H and O–H groups in total. The molecule has 0 aliphatic carbocycles. The maximum atomic E-state index is 11.4. The predicted molar refractivity (Wildman–Crippen MR) is 76.3 cm³/mol. The van der Waals surface area contributed by atoms with Crippen LogP contribution in [0.25, 0.3) is 0 Å². The Kier molecular flexibility index (Phi) is 5.02. The third kappa shape index (κ3) is 4.29. The number of hydrogen-bond donors (Lipinski definition) is 1. The van der Waals surface area contributed by atoms with E-state index < -0.39 is 16.0 Å². The number of esters is 1. The summed E-state index contributed by atoms with van der Waals surface area (Å²) in [5.74, 6) is 0.338. The average molecular weight is 316 g/mol. The molecule has 7 nitrogen and oxygen atoms in total. The summed E-state index contributed by atoms with van der Waals surface area (Å²) in [5.41, 5.74) is 0. The third-order valence-electron chi connectivity index (χ3n) is 3.54. The van der Waals surface area contributed by atoms with Gasteiger partial charge in [-0.1, -0.05) is 0 Å². The first-order valence-corrected chi connectivity index (χ1v) is 8.60. The molecule has 2 heterocycles. The van der Waals surface area contributed by atoms with Crippen molar-refractivity contribution in [3.05, 3.63) is 23.7 Å². The molecule has 2 rings (SSSR count). The van der Waals surface area contributed by atoms with Crippen LogP contribution < -0.4 is 5.32 Å². The fraction of sp³-hybridized carbons (Fsp3) is 0.615. The zero-order valence-electron chi connectivity index (χ0n) is 12.2. The van der Waals surface area contributed by atoms with Gasteiger partial charge >= 0.3 is 5.97 Å². The second-order valence-electron chi connectivity index (χ2n) is 5.07. The fourth-order valence-electron chi connectivity index (χ4n) is 2.32. The van der Waals surface area contributed by atoms with Gasteiger partial charge in [0.15, 0.2) is 0 Å². The number of ether oxygens (including phenoxy) is 1. The Balaban J connectivity index is 1.80. The van der Waals surface area contributed by atoms with Crippen LogP contribution in [-0.4, -0.2) is 51.2 Å². The second kappa shape index (κ2) is 6.59. The highest BCUT2D eigenvalue weighted by atomic mass is 32.2. The molecule has 0 amide bonds. The Labute approximate surface area is 124 Å². The van der Waals surface area contributed by atoms with E-state index in [0.29, 0.717) is 25.4 Å². The summed E-state index contributed by atoms with van der Waals surface area (Å²) in [7, 11) is -1.79. The van der Waals surface area contributed by atoms with Crippen LogP contribution in [0, 0.1) is 0 Å². The minimum absolute atomic E-state index is 0.182. The van der Waals surface area contributed by atoms with E-state index in [0.717, 1.165) is 12.8 Å². The van der Waals surface area contributed by atoms with Gasteiger partial charge < -0.3 is 14.5 Å². The van der Waals surface area contributed by atoms with Crippen molar-refractivity contribution in [2.75, 3.05) is 26.5 Å². The number of nitrogens with zero attached hydrogens (tertiary/aromatic N) is 1. The molecule has 0 atom stereocenters. The Morgan fingerprint density at radius 1 is 1.43 bits per heavy atom. The molecule has 1 aromatic heterocycles. The normalized spacial score (nSPS) is 17.8. The first kappa shape index (κ1) is 16.0. The number of piperidine rings is 1. The van der Waals surface area contributed by atoms with E-state index in [1.54, 1.807) is 12.1 Å². The number of carbonyl (C=O) groups is 1. The third-order valence-corrected chi connectivity index (χ3v) is 4.84. The first-order valence-electron chi connectivity index (χ1n) is 6.75. The number of furan rings is 1. The molecular weight excluding hydrogens is 296 g/mol. The summed E-state index contributed by atoms with van der Waals surface area (Å²) in [5, 5.41) is 3.31. The van der Waals surface area contributed by atoms with E-state index >= 15 is 0 Å². The lowest BCUT2D eigenvalue weighted by molar-refractivity contribution is 0.0562. The van der Waals surface area contributed by atoms with Crippen molar-refractivity contribution in [1.29, 1.82) is 0 Å². The largest absolute Gasteiger partial charge is 0.463 e. The molecule has 0 radical (unpaired) electrons. The molecule has 8 heteroatoms. The highest BCUT2D eigenvalue weighted by Gasteiger charge is 2.24. The summed E-state index contributed by atoms with van der Waals surface area (Å²) in [4.78, 5) is 11.3. The Bertz CT molecular complexity index is 587. The summed E-state index contributed by atoms with van der Waals surface area (Å²) in [6.07, 6.45) is 2.76.